The molecule has 0 bridgehead atoms. The number of aromatic nitrogens is 1. The van der Waals surface area contributed by atoms with Crippen LogP contribution in [0, 0.1) is 11.7 Å². The Morgan fingerprint density at radius 1 is 1.41 bits per heavy atom. The summed E-state index contributed by atoms with van der Waals surface area (Å²) in [5.41, 5.74) is 6.30. The molecule has 2 unspecified atom stereocenters. The molecule has 1 saturated carbocycles. The summed E-state index contributed by atoms with van der Waals surface area (Å²) in [5, 5.41) is 2.66. The highest BCUT2D eigenvalue weighted by Gasteiger charge is 2.28. The van der Waals surface area contributed by atoms with Crippen LogP contribution in [-0.2, 0) is 4.79 Å². The van der Waals surface area contributed by atoms with Crippen LogP contribution in [0.1, 0.15) is 25.7 Å². The molecule has 2 rings (SSSR count). The third kappa shape index (κ3) is 3.00. The number of hydrogen-bond acceptors (Lipinski definition) is 3. The molecule has 1 aromatic heterocycles. The molecule has 4 nitrogen and oxygen atoms in total. The second-order valence-electron chi connectivity index (χ2n) is 4.44. The number of rotatable bonds is 2. The number of amides is 1. The fourth-order valence-corrected chi connectivity index (χ4v) is 2.20. The summed E-state index contributed by atoms with van der Waals surface area (Å²) >= 11 is 0. The van der Waals surface area contributed by atoms with E-state index >= 15 is 0 Å². The fourth-order valence-electron chi connectivity index (χ4n) is 2.20. The largest absolute Gasteiger partial charge is 0.327 e. The number of anilines is 1. The normalized spacial score (nSPS) is 24.4. The van der Waals surface area contributed by atoms with Crippen LogP contribution in [0.5, 0.6) is 0 Å². The molecule has 1 aromatic rings. The molecule has 2 atom stereocenters. The van der Waals surface area contributed by atoms with Crippen molar-refractivity contribution in [3.63, 3.8) is 0 Å². The molecular formula is C12H16FN3O. The molecule has 1 aliphatic carbocycles. The third-order valence-corrected chi connectivity index (χ3v) is 3.13. The van der Waals surface area contributed by atoms with Gasteiger partial charge in [-0.2, -0.15) is 0 Å². The van der Waals surface area contributed by atoms with Gasteiger partial charge in [0.2, 0.25) is 5.91 Å². The smallest absolute Gasteiger partial charge is 0.229 e. The van der Waals surface area contributed by atoms with Crippen molar-refractivity contribution < 1.29 is 9.18 Å². The standard InChI is InChI=1S/C12H16FN3O/c13-8-5-9(7-15-6-8)16-12(17)10-3-1-2-4-11(10)14/h5-7,10-11H,1-4,14H2,(H,16,17). The molecule has 0 aromatic carbocycles. The maximum atomic E-state index is 12.9. The third-order valence-electron chi connectivity index (χ3n) is 3.13. The summed E-state index contributed by atoms with van der Waals surface area (Å²) in [4.78, 5) is 15.6. The lowest BCUT2D eigenvalue weighted by atomic mass is 9.84. The topological polar surface area (TPSA) is 68.0 Å². The van der Waals surface area contributed by atoms with Crippen LogP contribution in [0.15, 0.2) is 18.5 Å². The van der Waals surface area contributed by atoms with E-state index in [1.807, 2.05) is 0 Å². The lowest BCUT2D eigenvalue weighted by Gasteiger charge is -2.27. The molecule has 92 valence electrons. The first-order valence-electron chi connectivity index (χ1n) is 5.84. The Morgan fingerprint density at radius 3 is 2.88 bits per heavy atom. The SMILES string of the molecule is NC1CCCCC1C(=O)Nc1cncc(F)c1. The van der Waals surface area contributed by atoms with Gasteiger partial charge in [0, 0.05) is 12.1 Å². The van der Waals surface area contributed by atoms with E-state index in [9.17, 15) is 9.18 Å². The van der Waals surface area contributed by atoms with E-state index in [1.165, 1.54) is 12.3 Å². The number of pyridine rings is 1. The van der Waals surface area contributed by atoms with Crippen LogP contribution in [0.4, 0.5) is 10.1 Å². The predicted octanol–water partition coefficient (Wildman–Crippen LogP) is 1.68. The van der Waals surface area contributed by atoms with Crippen molar-refractivity contribution in [2.75, 3.05) is 5.32 Å². The second kappa shape index (κ2) is 5.23. The first kappa shape index (κ1) is 12.0. The van der Waals surface area contributed by atoms with Gasteiger partial charge in [0.1, 0.15) is 5.82 Å². The quantitative estimate of drug-likeness (QED) is 0.822. The van der Waals surface area contributed by atoms with Crippen LogP contribution in [0.3, 0.4) is 0 Å². The zero-order valence-corrected chi connectivity index (χ0v) is 9.53. The number of nitrogens with zero attached hydrogens (tertiary/aromatic N) is 1. The van der Waals surface area contributed by atoms with E-state index in [1.54, 1.807) is 0 Å². The Morgan fingerprint density at radius 2 is 2.18 bits per heavy atom. The Labute approximate surface area is 99.4 Å². The monoisotopic (exact) mass is 237 g/mol. The number of carbonyl (C=O) groups excluding carboxylic acids is 1. The van der Waals surface area contributed by atoms with Gasteiger partial charge >= 0.3 is 0 Å². The fraction of sp³-hybridized carbons (Fsp3) is 0.500. The lowest BCUT2D eigenvalue weighted by Crippen LogP contribution is -2.40. The molecule has 0 radical (unpaired) electrons. The Bertz CT molecular complexity index is 410. The first-order valence-corrected chi connectivity index (χ1v) is 5.84. The summed E-state index contributed by atoms with van der Waals surface area (Å²) in [6.45, 7) is 0. The number of hydrogen-bond donors (Lipinski definition) is 2. The molecule has 1 heterocycles. The average Bonchev–Trinajstić information content (AvgIpc) is 2.29. The number of nitrogens with two attached hydrogens (primary N) is 1. The minimum Gasteiger partial charge on any atom is -0.327 e. The molecule has 1 amide bonds. The van der Waals surface area contributed by atoms with Gasteiger partial charge in [-0.25, -0.2) is 4.39 Å². The highest BCUT2D eigenvalue weighted by Crippen LogP contribution is 2.24. The van der Waals surface area contributed by atoms with E-state index in [0.29, 0.717) is 5.69 Å². The maximum absolute atomic E-state index is 12.9. The van der Waals surface area contributed by atoms with Crippen molar-refractivity contribution in [2.24, 2.45) is 11.7 Å². The highest BCUT2D eigenvalue weighted by atomic mass is 19.1. The number of halogens is 1. The first-order chi connectivity index (χ1) is 8.16. The van der Waals surface area contributed by atoms with Crippen molar-refractivity contribution in [1.29, 1.82) is 0 Å². The molecule has 0 aliphatic heterocycles. The predicted molar refractivity (Wildman–Crippen MR) is 62.8 cm³/mol. The van der Waals surface area contributed by atoms with Crippen LogP contribution in [-0.4, -0.2) is 16.9 Å². The lowest BCUT2D eigenvalue weighted by molar-refractivity contribution is -0.121. The van der Waals surface area contributed by atoms with E-state index < -0.39 is 5.82 Å². The van der Waals surface area contributed by atoms with E-state index in [4.69, 9.17) is 5.73 Å². The van der Waals surface area contributed by atoms with Crippen molar-refractivity contribution in [1.82, 2.24) is 4.98 Å². The Balaban J connectivity index is 2.01. The van der Waals surface area contributed by atoms with Crippen LogP contribution in [0.25, 0.3) is 0 Å². The Kier molecular flexibility index (Phi) is 3.68. The summed E-state index contributed by atoms with van der Waals surface area (Å²) in [7, 11) is 0. The van der Waals surface area contributed by atoms with E-state index in [2.05, 4.69) is 10.3 Å². The second-order valence-corrected chi connectivity index (χ2v) is 4.44. The van der Waals surface area contributed by atoms with Gasteiger partial charge in [-0.15, -0.1) is 0 Å². The van der Waals surface area contributed by atoms with Crippen LogP contribution < -0.4 is 11.1 Å². The summed E-state index contributed by atoms with van der Waals surface area (Å²) in [5.74, 6) is -0.771. The molecule has 1 aliphatic rings. The summed E-state index contributed by atoms with van der Waals surface area (Å²) < 4.78 is 12.9. The molecular weight excluding hydrogens is 221 g/mol. The van der Waals surface area contributed by atoms with Crippen molar-refractivity contribution in [2.45, 2.75) is 31.7 Å². The molecule has 0 spiro atoms. The zero-order chi connectivity index (χ0) is 12.3. The van der Waals surface area contributed by atoms with Gasteiger partial charge < -0.3 is 11.1 Å². The maximum Gasteiger partial charge on any atom is 0.229 e. The Hall–Kier alpha value is -1.49. The van der Waals surface area contributed by atoms with Crippen molar-refractivity contribution in [3.8, 4) is 0 Å². The molecule has 0 saturated heterocycles. The van der Waals surface area contributed by atoms with E-state index in [0.717, 1.165) is 31.9 Å². The van der Waals surface area contributed by atoms with Crippen molar-refractivity contribution >= 4 is 11.6 Å². The molecule has 1 fully saturated rings. The van der Waals surface area contributed by atoms with Gasteiger partial charge in [0.25, 0.3) is 0 Å². The van der Waals surface area contributed by atoms with Crippen LogP contribution >= 0.6 is 0 Å². The highest BCUT2D eigenvalue weighted by molar-refractivity contribution is 5.92. The minimum atomic E-state index is -0.462. The van der Waals surface area contributed by atoms with Gasteiger partial charge in [-0.05, 0) is 12.8 Å². The number of carbonyl (C=O) groups is 1. The molecule has 3 N–H and O–H groups in total. The number of nitrogens with one attached hydrogen (secondary N) is 1. The summed E-state index contributed by atoms with van der Waals surface area (Å²) in [6, 6.07) is 1.16. The molecule has 5 heteroatoms. The summed E-state index contributed by atoms with van der Waals surface area (Å²) in [6.07, 6.45) is 6.30. The minimum absolute atomic E-state index is 0.0923. The van der Waals surface area contributed by atoms with Crippen molar-refractivity contribution in [3.05, 3.63) is 24.3 Å². The van der Waals surface area contributed by atoms with Gasteiger partial charge in [0.05, 0.1) is 24.0 Å². The van der Waals surface area contributed by atoms with E-state index in [-0.39, 0.29) is 17.9 Å². The average molecular weight is 237 g/mol. The van der Waals surface area contributed by atoms with Crippen LogP contribution in [0.2, 0.25) is 0 Å². The zero-order valence-electron chi connectivity index (χ0n) is 9.53. The van der Waals surface area contributed by atoms with Gasteiger partial charge in [-0.3, -0.25) is 9.78 Å². The molecule has 17 heavy (non-hydrogen) atoms. The van der Waals surface area contributed by atoms with Gasteiger partial charge in [0.15, 0.2) is 0 Å². The van der Waals surface area contributed by atoms with Gasteiger partial charge in [-0.1, -0.05) is 12.8 Å².